The van der Waals surface area contributed by atoms with Gasteiger partial charge >= 0.3 is 0 Å². The Morgan fingerprint density at radius 3 is 2.44 bits per heavy atom. The number of carbonyl (C=O) groups excluding carboxylic acids is 1. The molecule has 0 aromatic rings. The minimum Gasteiger partial charge on any atom is -0.352 e. The van der Waals surface area contributed by atoms with Gasteiger partial charge in [0, 0.05) is 19.0 Å². The van der Waals surface area contributed by atoms with Gasteiger partial charge in [-0.25, -0.2) is 0 Å². The van der Waals surface area contributed by atoms with Crippen molar-refractivity contribution in [1.82, 2.24) is 5.32 Å². The highest BCUT2D eigenvalue weighted by atomic mass is 16.1. The first kappa shape index (κ1) is 13.5. The fraction of sp³-hybridized carbons (Fsp3) is 0.917. The molecule has 1 atom stereocenters. The van der Waals surface area contributed by atoms with E-state index in [1.54, 1.807) is 0 Å². The second kappa shape index (κ2) is 6.21. The Morgan fingerprint density at radius 1 is 1.31 bits per heavy atom. The van der Waals surface area contributed by atoms with Gasteiger partial charge in [-0.15, -0.1) is 0 Å². The van der Waals surface area contributed by atoms with E-state index in [-0.39, 0.29) is 17.4 Å². The zero-order chi connectivity index (χ0) is 12.0. The number of carbonyl (C=O) groups is 1. The van der Waals surface area contributed by atoms with E-state index in [0.29, 0.717) is 19.5 Å². The average molecular weight is 227 g/mol. The zero-order valence-electron chi connectivity index (χ0n) is 10.3. The van der Waals surface area contributed by atoms with Crippen molar-refractivity contribution in [2.45, 2.75) is 51.5 Å². The number of hydrogen-bond donors (Lipinski definition) is 3. The van der Waals surface area contributed by atoms with Crippen molar-refractivity contribution in [3.05, 3.63) is 0 Å². The molecule has 1 amide bonds. The second-order valence-electron chi connectivity index (χ2n) is 5.15. The van der Waals surface area contributed by atoms with E-state index in [2.05, 4.69) is 5.32 Å². The van der Waals surface area contributed by atoms with Crippen LogP contribution in [0, 0.1) is 5.41 Å². The Bertz CT molecular complexity index is 224. The van der Waals surface area contributed by atoms with Crippen LogP contribution in [0.15, 0.2) is 0 Å². The third-order valence-electron chi connectivity index (χ3n) is 3.64. The van der Waals surface area contributed by atoms with Crippen LogP contribution < -0.4 is 16.8 Å². The first-order chi connectivity index (χ1) is 7.62. The fourth-order valence-electron chi connectivity index (χ4n) is 2.48. The van der Waals surface area contributed by atoms with Crippen LogP contribution in [0.25, 0.3) is 0 Å². The lowest BCUT2D eigenvalue weighted by atomic mass is 9.71. The molecule has 0 saturated heterocycles. The van der Waals surface area contributed by atoms with Crippen LogP contribution in [0.2, 0.25) is 0 Å². The summed E-state index contributed by atoms with van der Waals surface area (Å²) in [6.07, 6.45) is 6.44. The van der Waals surface area contributed by atoms with E-state index >= 15 is 0 Å². The Labute approximate surface area is 98.1 Å². The average Bonchev–Trinajstić information content (AvgIpc) is 2.29. The number of hydrogen-bond acceptors (Lipinski definition) is 3. The lowest BCUT2D eigenvalue weighted by molar-refractivity contribution is -0.124. The summed E-state index contributed by atoms with van der Waals surface area (Å²) in [5, 5.41) is 2.92. The molecule has 16 heavy (non-hydrogen) atoms. The van der Waals surface area contributed by atoms with Crippen LogP contribution in [0.5, 0.6) is 0 Å². The smallest absolute Gasteiger partial charge is 0.220 e. The lowest BCUT2D eigenvalue weighted by Gasteiger charge is -2.35. The zero-order valence-corrected chi connectivity index (χ0v) is 10.3. The molecule has 1 aliphatic carbocycles. The number of rotatable bonds is 5. The molecule has 0 bridgehead atoms. The van der Waals surface area contributed by atoms with Gasteiger partial charge in [-0.3, -0.25) is 4.79 Å². The highest BCUT2D eigenvalue weighted by Gasteiger charge is 2.33. The van der Waals surface area contributed by atoms with Gasteiger partial charge in [0.1, 0.15) is 0 Å². The molecule has 4 heteroatoms. The first-order valence-electron chi connectivity index (χ1n) is 6.31. The van der Waals surface area contributed by atoms with Gasteiger partial charge in [-0.05, 0) is 31.7 Å². The molecule has 1 rings (SSSR count). The fourth-order valence-corrected chi connectivity index (χ4v) is 2.48. The predicted octanol–water partition coefficient (Wildman–Crippen LogP) is 0.749. The summed E-state index contributed by atoms with van der Waals surface area (Å²) in [7, 11) is 0. The molecule has 0 aliphatic heterocycles. The van der Waals surface area contributed by atoms with E-state index in [9.17, 15) is 4.79 Å². The second-order valence-corrected chi connectivity index (χ2v) is 5.15. The normalized spacial score (nSPS) is 21.4. The van der Waals surface area contributed by atoms with Gasteiger partial charge in [-0.2, -0.15) is 0 Å². The molecule has 0 aromatic carbocycles. The number of nitrogens with one attached hydrogen (secondary N) is 1. The molecular formula is C12H25N3O. The Balaban J connectivity index is 2.45. The van der Waals surface area contributed by atoms with Crippen molar-refractivity contribution in [2.75, 3.05) is 13.1 Å². The third kappa shape index (κ3) is 3.76. The Kier molecular flexibility index (Phi) is 5.22. The van der Waals surface area contributed by atoms with E-state index in [0.717, 1.165) is 12.8 Å². The summed E-state index contributed by atoms with van der Waals surface area (Å²) in [5.41, 5.74) is 11.4. The SMILES string of the molecule is C[C@@H](CN)NC(=O)CC1(CN)CCCCC1. The largest absolute Gasteiger partial charge is 0.352 e. The molecule has 0 unspecified atom stereocenters. The molecule has 4 nitrogen and oxygen atoms in total. The van der Waals surface area contributed by atoms with Crippen LogP contribution >= 0.6 is 0 Å². The molecular weight excluding hydrogens is 202 g/mol. The predicted molar refractivity (Wildman–Crippen MR) is 65.8 cm³/mol. The van der Waals surface area contributed by atoms with Crippen molar-refractivity contribution in [1.29, 1.82) is 0 Å². The lowest BCUT2D eigenvalue weighted by Crippen LogP contribution is -2.43. The molecule has 0 aromatic heterocycles. The van der Waals surface area contributed by atoms with E-state index < -0.39 is 0 Å². The standard InChI is InChI=1S/C12H25N3O/c1-10(8-13)15-11(16)7-12(9-14)5-3-2-4-6-12/h10H,2-9,13-14H2,1H3,(H,15,16)/t10-/m0/s1. The summed E-state index contributed by atoms with van der Waals surface area (Å²) in [5.74, 6) is 0.102. The quantitative estimate of drug-likeness (QED) is 0.648. The highest BCUT2D eigenvalue weighted by Crippen LogP contribution is 2.38. The summed E-state index contributed by atoms with van der Waals surface area (Å²) >= 11 is 0. The summed E-state index contributed by atoms with van der Waals surface area (Å²) in [6.45, 7) is 3.03. The van der Waals surface area contributed by atoms with Crippen LogP contribution in [0.1, 0.15) is 45.4 Å². The number of nitrogens with two attached hydrogens (primary N) is 2. The van der Waals surface area contributed by atoms with Crippen LogP contribution in [-0.2, 0) is 4.79 Å². The van der Waals surface area contributed by atoms with Crippen LogP contribution in [0.3, 0.4) is 0 Å². The topological polar surface area (TPSA) is 81.1 Å². The van der Waals surface area contributed by atoms with Crippen molar-refractivity contribution in [3.8, 4) is 0 Å². The third-order valence-corrected chi connectivity index (χ3v) is 3.64. The van der Waals surface area contributed by atoms with Gasteiger partial charge < -0.3 is 16.8 Å². The highest BCUT2D eigenvalue weighted by molar-refractivity contribution is 5.77. The summed E-state index contributed by atoms with van der Waals surface area (Å²) in [6, 6.07) is 0.0610. The van der Waals surface area contributed by atoms with Gasteiger partial charge in [0.05, 0.1) is 0 Å². The van der Waals surface area contributed by atoms with E-state index in [4.69, 9.17) is 11.5 Å². The van der Waals surface area contributed by atoms with E-state index in [1.165, 1.54) is 19.3 Å². The van der Waals surface area contributed by atoms with Crippen molar-refractivity contribution >= 4 is 5.91 Å². The Morgan fingerprint density at radius 2 is 1.94 bits per heavy atom. The van der Waals surface area contributed by atoms with Gasteiger partial charge in [-0.1, -0.05) is 19.3 Å². The van der Waals surface area contributed by atoms with Crippen molar-refractivity contribution in [3.63, 3.8) is 0 Å². The number of amides is 1. The molecule has 1 saturated carbocycles. The van der Waals surface area contributed by atoms with Gasteiger partial charge in [0.15, 0.2) is 0 Å². The summed E-state index contributed by atoms with van der Waals surface area (Å²) in [4.78, 5) is 11.8. The minimum absolute atomic E-state index is 0.0522. The monoisotopic (exact) mass is 227 g/mol. The Hall–Kier alpha value is -0.610. The van der Waals surface area contributed by atoms with Crippen LogP contribution in [0.4, 0.5) is 0 Å². The molecule has 0 heterocycles. The minimum atomic E-state index is 0.0522. The van der Waals surface area contributed by atoms with Crippen molar-refractivity contribution in [2.24, 2.45) is 16.9 Å². The summed E-state index contributed by atoms with van der Waals surface area (Å²) < 4.78 is 0. The first-order valence-corrected chi connectivity index (χ1v) is 6.31. The van der Waals surface area contributed by atoms with Gasteiger partial charge in [0.25, 0.3) is 0 Å². The van der Waals surface area contributed by atoms with Gasteiger partial charge in [0.2, 0.25) is 5.91 Å². The van der Waals surface area contributed by atoms with Crippen molar-refractivity contribution < 1.29 is 4.79 Å². The van der Waals surface area contributed by atoms with E-state index in [1.807, 2.05) is 6.92 Å². The maximum atomic E-state index is 11.8. The molecule has 5 N–H and O–H groups in total. The molecule has 1 aliphatic rings. The maximum Gasteiger partial charge on any atom is 0.220 e. The molecule has 1 fully saturated rings. The molecule has 0 spiro atoms. The maximum absolute atomic E-state index is 11.8. The molecule has 94 valence electrons. The van der Waals surface area contributed by atoms with Crippen LogP contribution in [-0.4, -0.2) is 25.0 Å². The molecule has 0 radical (unpaired) electrons.